The fraction of sp³-hybridized carbons (Fsp3) is 0.933. The van der Waals surface area contributed by atoms with Crippen molar-refractivity contribution in [2.75, 3.05) is 13.6 Å². The molecule has 4 nitrogen and oxygen atoms in total. The van der Waals surface area contributed by atoms with E-state index in [9.17, 15) is 9.90 Å². The zero-order chi connectivity index (χ0) is 14.6. The Kier molecular flexibility index (Phi) is 5.81. The molecule has 112 valence electrons. The molecule has 1 aliphatic carbocycles. The van der Waals surface area contributed by atoms with Crippen LogP contribution in [0.4, 0.5) is 0 Å². The fourth-order valence-electron chi connectivity index (χ4n) is 2.48. The number of aliphatic hydroxyl groups is 1. The molecule has 1 rings (SSSR count). The summed E-state index contributed by atoms with van der Waals surface area (Å²) in [6.45, 7) is 8.88. The molecule has 2 N–H and O–H groups in total. The molecule has 3 atom stereocenters. The van der Waals surface area contributed by atoms with Crippen LogP contribution in [-0.2, 0) is 4.79 Å². The van der Waals surface area contributed by atoms with E-state index in [2.05, 4.69) is 17.1 Å². The van der Waals surface area contributed by atoms with E-state index in [1.165, 1.54) is 0 Å². The Morgan fingerprint density at radius 2 is 2.11 bits per heavy atom. The molecule has 0 heterocycles. The summed E-state index contributed by atoms with van der Waals surface area (Å²) in [6, 6.07) is -0.154. The Bertz CT molecular complexity index is 305. The van der Waals surface area contributed by atoms with E-state index in [-0.39, 0.29) is 23.6 Å². The Hall–Kier alpha value is -0.610. The van der Waals surface area contributed by atoms with E-state index in [1.807, 2.05) is 27.8 Å². The molecule has 1 fully saturated rings. The molecule has 19 heavy (non-hydrogen) atoms. The number of amides is 1. The van der Waals surface area contributed by atoms with E-state index in [0.717, 1.165) is 32.2 Å². The molecule has 0 saturated heterocycles. The highest BCUT2D eigenvalue weighted by Crippen LogP contribution is 2.26. The lowest BCUT2D eigenvalue weighted by molar-refractivity contribution is -0.127. The van der Waals surface area contributed by atoms with Crippen LogP contribution in [-0.4, -0.2) is 47.2 Å². The van der Waals surface area contributed by atoms with Crippen molar-refractivity contribution in [3.8, 4) is 0 Å². The first-order valence-electron chi connectivity index (χ1n) is 7.47. The summed E-state index contributed by atoms with van der Waals surface area (Å²) in [6.07, 6.45) is 3.80. The van der Waals surface area contributed by atoms with E-state index in [0.29, 0.717) is 5.92 Å². The van der Waals surface area contributed by atoms with Crippen molar-refractivity contribution < 1.29 is 9.90 Å². The van der Waals surface area contributed by atoms with Crippen molar-refractivity contribution in [2.24, 2.45) is 5.92 Å². The van der Waals surface area contributed by atoms with Crippen LogP contribution in [0.2, 0.25) is 0 Å². The predicted octanol–water partition coefficient (Wildman–Crippen LogP) is 1.77. The van der Waals surface area contributed by atoms with Gasteiger partial charge in [-0.15, -0.1) is 0 Å². The second-order valence-electron chi connectivity index (χ2n) is 6.60. The number of carbonyl (C=O) groups is 1. The molecule has 0 bridgehead atoms. The van der Waals surface area contributed by atoms with E-state index in [1.54, 1.807) is 0 Å². The number of hydrogen-bond donors (Lipinski definition) is 2. The summed E-state index contributed by atoms with van der Waals surface area (Å²) in [4.78, 5) is 14.3. The van der Waals surface area contributed by atoms with Gasteiger partial charge in [0, 0.05) is 12.1 Å². The van der Waals surface area contributed by atoms with Gasteiger partial charge in [0.15, 0.2) is 0 Å². The standard InChI is InChI=1S/C15H30N2O2/c1-6-15(3,4)16-14(19)11(2)17(5)10-12-8-7-9-13(12)18/h11-13,18H,6-10H2,1-5H3,(H,16,19). The first-order chi connectivity index (χ1) is 8.76. The maximum Gasteiger partial charge on any atom is 0.237 e. The first kappa shape index (κ1) is 16.4. The summed E-state index contributed by atoms with van der Waals surface area (Å²) in [5.41, 5.74) is -0.154. The molecule has 0 aromatic rings. The quantitative estimate of drug-likeness (QED) is 0.773. The largest absolute Gasteiger partial charge is 0.393 e. The highest BCUT2D eigenvalue weighted by Gasteiger charge is 2.30. The zero-order valence-electron chi connectivity index (χ0n) is 13.1. The van der Waals surface area contributed by atoms with Gasteiger partial charge in [0.25, 0.3) is 0 Å². The lowest BCUT2D eigenvalue weighted by Crippen LogP contribution is -2.52. The Morgan fingerprint density at radius 3 is 2.58 bits per heavy atom. The maximum atomic E-state index is 12.2. The zero-order valence-corrected chi connectivity index (χ0v) is 13.1. The monoisotopic (exact) mass is 270 g/mol. The van der Waals surface area contributed by atoms with Crippen LogP contribution < -0.4 is 5.32 Å². The Balaban J connectivity index is 2.47. The Labute approximate surface area is 117 Å². The van der Waals surface area contributed by atoms with Gasteiger partial charge >= 0.3 is 0 Å². The van der Waals surface area contributed by atoms with Crippen molar-refractivity contribution in [2.45, 2.75) is 71.1 Å². The van der Waals surface area contributed by atoms with E-state index < -0.39 is 0 Å². The minimum atomic E-state index is -0.190. The van der Waals surface area contributed by atoms with Gasteiger partial charge in [0.05, 0.1) is 12.1 Å². The third kappa shape index (κ3) is 4.77. The molecule has 0 radical (unpaired) electrons. The lowest BCUT2D eigenvalue weighted by atomic mass is 10.0. The molecule has 3 unspecified atom stereocenters. The molecular formula is C15H30N2O2. The smallest absolute Gasteiger partial charge is 0.237 e. The second kappa shape index (κ2) is 6.71. The third-order valence-corrected chi connectivity index (χ3v) is 4.53. The molecule has 4 heteroatoms. The van der Waals surface area contributed by atoms with E-state index in [4.69, 9.17) is 0 Å². The van der Waals surface area contributed by atoms with Gasteiger partial charge < -0.3 is 10.4 Å². The summed E-state index contributed by atoms with van der Waals surface area (Å²) in [5, 5.41) is 12.9. The molecule has 1 amide bonds. The van der Waals surface area contributed by atoms with Crippen molar-refractivity contribution >= 4 is 5.91 Å². The average Bonchev–Trinajstić information content (AvgIpc) is 2.73. The van der Waals surface area contributed by atoms with Crippen LogP contribution in [0.5, 0.6) is 0 Å². The van der Waals surface area contributed by atoms with Crippen LogP contribution in [0.15, 0.2) is 0 Å². The predicted molar refractivity (Wildman–Crippen MR) is 78.0 cm³/mol. The lowest BCUT2D eigenvalue weighted by Gasteiger charge is -2.31. The highest BCUT2D eigenvalue weighted by molar-refractivity contribution is 5.81. The summed E-state index contributed by atoms with van der Waals surface area (Å²) < 4.78 is 0. The van der Waals surface area contributed by atoms with Crippen LogP contribution in [0, 0.1) is 5.92 Å². The average molecular weight is 270 g/mol. The number of aliphatic hydroxyl groups excluding tert-OH is 1. The van der Waals surface area contributed by atoms with Gasteiger partial charge in [-0.3, -0.25) is 9.69 Å². The van der Waals surface area contributed by atoms with Crippen molar-refractivity contribution in [3.63, 3.8) is 0 Å². The molecule has 0 aromatic heterocycles. The Morgan fingerprint density at radius 1 is 1.47 bits per heavy atom. The number of carbonyl (C=O) groups excluding carboxylic acids is 1. The van der Waals surface area contributed by atoms with Crippen molar-refractivity contribution in [1.82, 2.24) is 10.2 Å². The molecule has 0 aromatic carbocycles. The highest BCUT2D eigenvalue weighted by atomic mass is 16.3. The summed E-state index contributed by atoms with van der Waals surface area (Å²) >= 11 is 0. The summed E-state index contributed by atoms with van der Waals surface area (Å²) in [5.74, 6) is 0.390. The van der Waals surface area contributed by atoms with Crippen LogP contribution in [0.3, 0.4) is 0 Å². The normalized spacial score (nSPS) is 25.6. The molecule has 0 spiro atoms. The topological polar surface area (TPSA) is 52.6 Å². The van der Waals surface area contributed by atoms with Crippen LogP contribution in [0.25, 0.3) is 0 Å². The molecule has 1 aliphatic rings. The maximum absolute atomic E-state index is 12.2. The number of nitrogens with zero attached hydrogens (tertiary/aromatic N) is 1. The molecule has 0 aliphatic heterocycles. The van der Waals surface area contributed by atoms with Crippen LogP contribution in [0.1, 0.15) is 53.4 Å². The second-order valence-corrected chi connectivity index (χ2v) is 6.60. The van der Waals surface area contributed by atoms with Crippen LogP contribution >= 0.6 is 0 Å². The van der Waals surface area contributed by atoms with Gasteiger partial charge in [-0.2, -0.15) is 0 Å². The molecular weight excluding hydrogens is 240 g/mol. The first-order valence-corrected chi connectivity index (χ1v) is 7.47. The number of nitrogens with one attached hydrogen (secondary N) is 1. The van der Waals surface area contributed by atoms with Gasteiger partial charge in [-0.25, -0.2) is 0 Å². The van der Waals surface area contributed by atoms with Gasteiger partial charge in [0.2, 0.25) is 5.91 Å². The van der Waals surface area contributed by atoms with Gasteiger partial charge in [-0.05, 0) is 53.0 Å². The fourth-order valence-corrected chi connectivity index (χ4v) is 2.48. The minimum absolute atomic E-state index is 0.0711. The van der Waals surface area contributed by atoms with Crippen molar-refractivity contribution in [3.05, 3.63) is 0 Å². The summed E-state index contributed by atoms with van der Waals surface area (Å²) in [7, 11) is 1.97. The number of rotatable bonds is 6. The third-order valence-electron chi connectivity index (χ3n) is 4.53. The SMILES string of the molecule is CCC(C)(C)NC(=O)C(C)N(C)CC1CCCC1O. The number of likely N-dealkylation sites (N-methyl/N-ethyl adjacent to an activating group) is 1. The van der Waals surface area contributed by atoms with Gasteiger partial charge in [0.1, 0.15) is 0 Å². The van der Waals surface area contributed by atoms with Gasteiger partial charge in [-0.1, -0.05) is 13.3 Å². The van der Waals surface area contributed by atoms with E-state index >= 15 is 0 Å². The van der Waals surface area contributed by atoms with Crippen molar-refractivity contribution in [1.29, 1.82) is 0 Å². The molecule has 1 saturated carbocycles. The number of hydrogen-bond acceptors (Lipinski definition) is 3. The minimum Gasteiger partial charge on any atom is -0.393 e.